The SMILES string of the molecule is N[C@@H](CCC(=O)N[C@@H](CS(=O)(=O)Cc1ccc([N+](=O)[O-])o1)C(=O)N(CC(=O)O)c1ccccc1)C(=O)O. The van der Waals surface area contributed by atoms with Crippen LogP contribution in [0, 0.1) is 10.1 Å². The van der Waals surface area contributed by atoms with E-state index in [0.717, 1.165) is 17.0 Å². The third kappa shape index (κ3) is 9.01. The zero-order chi connectivity index (χ0) is 27.8. The molecule has 0 spiro atoms. The number of nitrogens with zero attached hydrogens (tertiary/aromatic N) is 2. The van der Waals surface area contributed by atoms with Gasteiger partial charge in [-0.05, 0) is 24.6 Å². The van der Waals surface area contributed by atoms with Crippen LogP contribution >= 0.6 is 0 Å². The summed E-state index contributed by atoms with van der Waals surface area (Å²) in [5.41, 5.74) is 5.48. The molecule has 0 saturated carbocycles. The van der Waals surface area contributed by atoms with Crippen molar-refractivity contribution in [3.63, 3.8) is 0 Å². The highest BCUT2D eigenvalue weighted by atomic mass is 32.2. The number of sulfone groups is 1. The number of hydrogen-bond acceptors (Lipinski definition) is 10. The van der Waals surface area contributed by atoms with E-state index in [0.29, 0.717) is 0 Å². The van der Waals surface area contributed by atoms with Gasteiger partial charge in [-0.3, -0.25) is 34.2 Å². The van der Waals surface area contributed by atoms with Gasteiger partial charge in [0.05, 0.1) is 11.8 Å². The highest BCUT2D eigenvalue weighted by Crippen LogP contribution is 2.20. The van der Waals surface area contributed by atoms with E-state index < -0.39 is 81.0 Å². The van der Waals surface area contributed by atoms with Gasteiger partial charge in [-0.1, -0.05) is 18.2 Å². The summed E-state index contributed by atoms with van der Waals surface area (Å²) in [6.45, 7) is -0.858. The number of hydrogen-bond donors (Lipinski definition) is 4. The predicted octanol–water partition coefficient (Wildman–Crippen LogP) is -0.103. The monoisotopic (exact) mass is 540 g/mol. The largest absolute Gasteiger partial charge is 0.480 e. The van der Waals surface area contributed by atoms with Crippen molar-refractivity contribution in [3.8, 4) is 0 Å². The number of amides is 2. The number of furan rings is 1. The molecule has 0 unspecified atom stereocenters. The summed E-state index contributed by atoms with van der Waals surface area (Å²) in [6.07, 6.45) is -0.783. The number of nitro groups is 1. The maximum Gasteiger partial charge on any atom is 0.433 e. The number of carbonyl (C=O) groups is 4. The van der Waals surface area contributed by atoms with Crippen molar-refractivity contribution in [3.05, 3.63) is 58.3 Å². The third-order valence-electron chi connectivity index (χ3n) is 4.87. The second-order valence-electron chi connectivity index (χ2n) is 7.81. The molecule has 2 rings (SSSR count). The Bertz CT molecular complexity index is 1260. The van der Waals surface area contributed by atoms with Crippen molar-refractivity contribution in [1.82, 2.24) is 5.32 Å². The molecular formula is C21H24N4O11S. The Balaban J connectivity index is 2.32. The fraction of sp³-hybridized carbons (Fsp3) is 0.333. The number of aliphatic carboxylic acids is 2. The maximum atomic E-state index is 13.3. The molecule has 200 valence electrons. The summed E-state index contributed by atoms with van der Waals surface area (Å²) < 4.78 is 30.5. The second-order valence-corrected chi connectivity index (χ2v) is 9.92. The number of carbonyl (C=O) groups excluding carboxylic acids is 2. The summed E-state index contributed by atoms with van der Waals surface area (Å²) in [5.74, 6) is -7.61. The van der Waals surface area contributed by atoms with Crippen molar-refractivity contribution < 1.29 is 47.1 Å². The molecule has 1 heterocycles. The molecule has 2 amide bonds. The molecule has 5 N–H and O–H groups in total. The Morgan fingerprint density at radius 3 is 2.30 bits per heavy atom. The number of para-hydroxylation sites is 1. The first-order valence-corrected chi connectivity index (χ1v) is 12.4. The summed E-state index contributed by atoms with van der Waals surface area (Å²) in [7, 11) is -4.27. The van der Waals surface area contributed by atoms with Gasteiger partial charge in [0.2, 0.25) is 5.91 Å². The minimum absolute atomic E-state index is 0.112. The van der Waals surface area contributed by atoms with Crippen LogP contribution in [0.3, 0.4) is 0 Å². The standard InChI is InChI=1S/C21H24N4O11S/c22-15(21(30)31)7-8-17(26)23-16(12-37(34,35)11-14-6-9-18(36-14)25(32)33)20(29)24(10-19(27)28)13-4-2-1-3-5-13/h1-6,9,15-16H,7-8,10-12,22H2,(H,23,26)(H,27,28)(H,30,31)/t15-,16-/m0/s1. The molecule has 16 heteroatoms. The number of rotatable bonds is 14. The van der Waals surface area contributed by atoms with Gasteiger partial charge in [-0.2, -0.15) is 0 Å². The molecule has 0 aliphatic rings. The van der Waals surface area contributed by atoms with Gasteiger partial charge >= 0.3 is 17.8 Å². The van der Waals surface area contributed by atoms with E-state index in [-0.39, 0.29) is 17.9 Å². The minimum atomic E-state index is -4.27. The zero-order valence-electron chi connectivity index (χ0n) is 19.2. The Hall–Kier alpha value is -4.31. The lowest BCUT2D eigenvalue weighted by atomic mass is 10.1. The topological polar surface area (TPSA) is 240 Å². The molecule has 0 radical (unpaired) electrons. The van der Waals surface area contributed by atoms with Gasteiger partial charge in [0.25, 0.3) is 5.91 Å². The highest BCUT2D eigenvalue weighted by Gasteiger charge is 2.33. The van der Waals surface area contributed by atoms with Gasteiger partial charge in [0.1, 0.15) is 35.1 Å². The van der Waals surface area contributed by atoms with E-state index in [1.165, 1.54) is 24.3 Å². The van der Waals surface area contributed by atoms with Crippen LogP contribution in [-0.4, -0.2) is 71.7 Å². The minimum Gasteiger partial charge on any atom is -0.480 e. The van der Waals surface area contributed by atoms with Crippen LogP contribution in [0.5, 0.6) is 0 Å². The fourth-order valence-corrected chi connectivity index (χ4v) is 4.59. The van der Waals surface area contributed by atoms with Gasteiger partial charge in [0.15, 0.2) is 9.84 Å². The Kier molecular flexibility index (Phi) is 9.84. The lowest BCUT2D eigenvalue weighted by Crippen LogP contribution is -2.53. The van der Waals surface area contributed by atoms with Crippen LogP contribution in [-0.2, 0) is 34.8 Å². The molecule has 2 atom stereocenters. The van der Waals surface area contributed by atoms with Crippen molar-refractivity contribution >= 4 is 45.2 Å². The average Bonchev–Trinajstić information content (AvgIpc) is 3.28. The third-order valence-corrected chi connectivity index (χ3v) is 6.44. The second kappa shape index (κ2) is 12.6. The van der Waals surface area contributed by atoms with Crippen LogP contribution in [0.1, 0.15) is 18.6 Å². The normalized spacial score (nSPS) is 12.8. The summed E-state index contributed by atoms with van der Waals surface area (Å²) in [4.78, 5) is 58.8. The molecular weight excluding hydrogens is 516 g/mol. The lowest BCUT2D eigenvalue weighted by Gasteiger charge is -2.27. The molecule has 1 aromatic heterocycles. The number of carboxylic acid groups (broad SMARTS) is 2. The number of nitrogens with one attached hydrogen (secondary N) is 1. The van der Waals surface area contributed by atoms with Gasteiger partial charge in [-0.25, -0.2) is 8.42 Å². The average molecular weight is 541 g/mol. The van der Waals surface area contributed by atoms with Crippen molar-refractivity contribution in [2.75, 3.05) is 17.2 Å². The van der Waals surface area contributed by atoms with Crippen molar-refractivity contribution in [1.29, 1.82) is 0 Å². The number of carboxylic acids is 2. The van der Waals surface area contributed by atoms with Crippen LogP contribution < -0.4 is 16.0 Å². The van der Waals surface area contributed by atoms with Crippen molar-refractivity contribution in [2.24, 2.45) is 5.73 Å². The molecule has 2 aromatic rings. The van der Waals surface area contributed by atoms with Crippen LogP contribution in [0.15, 0.2) is 46.9 Å². The van der Waals surface area contributed by atoms with Crippen LogP contribution in [0.2, 0.25) is 0 Å². The van der Waals surface area contributed by atoms with E-state index in [1.807, 2.05) is 0 Å². The van der Waals surface area contributed by atoms with Gasteiger partial charge in [-0.15, -0.1) is 0 Å². The van der Waals surface area contributed by atoms with E-state index in [4.69, 9.17) is 15.3 Å². The number of benzene rings is 1. The first-order chi connectivity index (χ1) is 17.3. The smallest absolute Gasteiger partial charge is 0.433 e. The van der Waals surface area contributed by atoms with E-state index in [1.54, 1.807) is 6.07 Å². The number of anilines is 1. The van der Waals surface area contributed by atoms with Gasteiger partial charge < -0.3 is 25.7 Å². The Labute approximate surface area is 209 Å². The molecule has 0 aliphatic heterocycles. The first kappa shape index (κ1) is 28.9. The lowest BCUT2D eigenvalue weighted by molar-refractivity contribution is -0.402. The summed E-state index contributed by atoms with van der Waals surface area (Å²) in [6, 6.07) is 6.28. The molecule has 0 fully saturated rings. The molecule has 37 heavy (non-hydrogen) atoms. The van der Waals surface area contributed by atoms with E-state index >= 15 is 0 Å². The summed E-state index contributed by atoms with van der Waals surface area (Å²) >= 11 is 0. The zero-order valence-corrected chi connectivity index (χ0v) is 20.0. The summed E-state index contributed by atoms with van der Waals surface area (Å²) in [5, 5.41) is 31.2. The molecule has 1 aromatic carbocycles. The van der Waals surface area contributed by atoms with E-state index in [9.17, 15) is 42.8 Å². The Morgan fingerprint density at radius 2 is 1.76 bits per heavy atom. The molecule has 0 saturated heterocycles. The van der Waals surface area contributed by atoms with Crippen molar-refractivity contribution in [2.45, 2.75) is 30.7 Å². The quantitative estimate of drug-likeness (QED) is 0.181. The van der Waals surface area contributed by atoms with Crippen LogP contribution in [0.25, 0.3) is 0 Å². The van der Waals surface area contributed by atoms with E-state index in [2.05, 4.69) is 5.32 Å². The van der Waals surface area contributed by atoms with Gasteiger partial charge in [0, 0.05) is 12.1 Å². The maximum absolute atomic E-state index is 13.3. The molecule has 15 nitrogen and oxygen atoms in total. The van der Waals surface area contributed by atoms with Crippen LogP contribution in [0.4, 0.5) is 11.6 Å². The molecule has 0 bridgehead atoms. The molecule has 0 aliphatic carbocycles. The predicted molar refractivity (Wildman–Crippen MR) is 126 cm³/mol. The first-order valence-electron chi connectivity index (χ1n) is 10.6. The number of nitrogens with two attached hydrogens (primary N) is 1. The highest BCUT2D eigenvalue weighted by molar-refractivity contribution is 7.90. The Morgan fingerprint density at radius 1 is 1.11 bits per heavy atom. The fourth-order valence-electron chi connectivity index (χ4n) is 3.15.